The Morgan fingerprint density at radius 3 is 2.61 bits per heavy atom. The summed E-state index contributed by atoms with van der Waals surface area (Å²) in [7, 11) is 0. The van der Waals surface area contributed by atoms with Gasteiger partial charge in [0, 0.05) is 18.7 Å². The first-order valence-corrected chi connectivity index (χ1v) is 10.3. The molecular formula is C20H20F2N4O3S2. The van der Waals surface area contributed by atoms with Crippen molar-refractivity contribution < 1.29 is 23.4 Å². The van der Waals surface area contributed by atoms with Crippen LogP contribution in [0.15, 0.2) is 30.5 Å². The second kappa shape index (κ2) is 9.18. The highest BCUT2D eigenvalue weighted by Crippen LogP contribution is 2.41. The highest BCUT2D eigenvalue weighted by Gasteiger charge is 2.42. The number of ether oxygens (including phenoxy) is 1. The molecule has 0 unspecified atom stereocenters. The van der Waals surface area contributed by atoms with Crippen LogP contribution in [0.1, 0.15) is 17.4 Å². The largest absolute Gasteiger partial charge is 0.379 e. The third-order valence-electron chi connectivity index (χ3n) is 4.35. The SMILES string of the molecule is CC(=O)Nc1c[nH]c(=S)c(C)c1.Nc1nc(-c2ccc(F)c(F)c2)c(C2(O)COC2)s1. The molecule has 31 heavy (non-hydrogen) atoms. The monoisotopic (exact) mass is 466 g/mol. The minimum absolute atomic E-state index is 0.0834. The summed E-state index contributed by atoms with van der Waals surface area (Å²) >= 11 is 6.08. The summed E-state index contributed by atoms with van der Waals surface area (Å²) < 4.78 is 31.9. The van der Waals surface area contributed by atoms with Gasteiger partial charge in [-0.15, -0.1) is 0 Å². The Hall–Kier alpha value is -2.73. The predicted octanol–water partition coefficient (Wildman–Crippen LogP) is 3.90. The average Bonchev–Trinajstić information content (AvgIpc) is 3.07. The fourth-order valence-electron chi connectivity index (χ4n) is 2.79. The number of anilines is 2. The molecule has 3 aromatic rings. The Morgan fingerprint density at radius 1 is 1.35 bits per heavy atom. The Kier molecular flexibility index (Phi) is 6.80. The minimum atomic E-state index is -1.14. The molecule has 4 rings (SSSR count). The molecular weight excluding hydrogens is 446 g/mol. The second-order valence-electron chi connectivity index (χ2n) is 6.96. The minimum Gasteiger partial charge on any atom is -0.379 e. The van der Waals surface area contributed by atoms with Crippen LogP contribution in [0.25, 0.3) is 11.3 Å². The molecule has 1 fully saturated rings. The van der Waals surface area contributed by atoms with E-state index in [1.54, 1.807) is 6.20 Å². The number of aromatic amines is 1. The van der Waals surface area contributed by atoms with Gasteiger partial charge >= 0.3 is 0 Å². The van der Waals surface area contributed by atoms with Crippen molar-refractivity contribution in [2.45, 2.75) is 19.4 Å². The number of hydrogen-bond donors (Lipinski definition) is 4. The number of aromatic nitrogens is 2. The van der Waals surface area contributed by atoms with Crippen molar-refractivity contribution in [1.29, 1.82) is 0 Å². The van der Waals surface area contributed by atoms with Gasteiger partial charge in [-0.05, 0) is 36.8 Å². The molecule has 1 aliphatic heterocycles. The Morgan fingerprint density at radius 2 is 2.06 bits per heavy atom. The van der Waals surface area contributed by atoms with Crippen molar-refractivity contribution in [3.8, 4) is 11.3 Å². The summed E-state index contributed by atoms with van der Waals surface area (Å²) in [6, 6.07) is 5.29. The first kappa shape index (κ1) is 22.9. The number of nitrogen functional groups attached to an aromatic ring is 1. The van der Waals surface area contributed by atoms with E-state index in [1.807, 2.05) is 13.0 Å². The maximum absolute atomic E-state index is 13.3. The zero-order chi connectivity index (χ0) is 22.8. The number of aryl methyl sites for hydroxylation is 1. The number of carbonyl (C=O) groups excluding carboxylic acids is 1. The lowest BCUT2D eigenvalue weighted by atomic mass is 9.96. The summed E-state index contributed by atoms with van der Waals surface area (Å²) in [6.07, 6.45) is 1.68. The Balaban J connectivity index is 0.000000196. The van der Waals surface area contributed by atoms with Crippen LogP contribution in [0.4, 0.5) is 19.6 Å². The fraction of sp³-hybridized carbons (Fsp3) is 0.250. The van der Waals surface area contributed by atoms with Gasteiger partial charge in [0.05, 0.1) is 29.5 Å². The van der Waals surface area contributed by atoms with Crippen LogP contribution >= 0.6 is 23.6 Å². The number of hydrogen-bond acceptors (Lipinski definition) is 7. The third kappa shape index (κ3) is 5.31. The van der Waals surface area contributed by atoms with Crippen LogP contribution < -0.4 is 11.1 Å². The van der Waals surface area contributed by atoms with E-state index < -0.39 is 17.2 Å². The van der Waals surface area contributed by atoms with Gasteiger partial charge in [0.25, 0.3) is 0 Å². The number of benzene rings is 1. The van der Waals surface area contributed by atoms with E-state index in [9.17, 15) is 18.7 Å². The molecule has 11 heteroatoms. The molecule has 0 atom stereocenters. The maximum atomic E-state index is 13.3. The number of halogens is 2. The number of thiazole rings is 1. The van der Waals surface area contributed by atoms with Crippen molar-refractivity contribution in [3.05, 3.63) is 57.2 Å². The van der Waals surface area contributed by atoms with Crippen molar-refractivity contribution in [3.63, 3.8) is 0 Å². The van der Waals surface area contributed by atoms with E-state index in [2.05, 4.69) is 15.3 Å². The summed E-state index contributed by atoms with van der Waals surface area (Å²) in [4.78, 5) is 18.1. The summed E-state index contributed by atoms with van der Waals surface area (Å²) in [5, 5.41) is 13.2. The second-order valence-corrected chi connectivity index (χ2v) is 8.40. The van der Waals surface area contributed by atoms with Crippen molar-refractivity contribution >= 4 is 40.3 Å². The first-order chi connectivity index (χ1) is 14.6. The van der Waals surface area contributed by atoms with Gasteiger partial charge < -0.3 is 25.9 Å². The number of aliphatic hydroxyl groups is 1. The van der Waals surface area contributed by atoms with E-state index in [4.69, 9.17) is 22.7 Å². The lowest BCUT2D eigenvalue weighted by molar-refractivity contribution is -0.182. The zero-order valence-corrected chi connectivity index (χ0v) is 18.3. The van der Waals surface area contributed by atoms with Crippen LogP contribution in [-0.2, 0) is 15.1 Å². The summed E-state index contributed by atoms with van der Waals surface area (Å²) in [5.74, 6) is -1.98. The lowest BCUT2D eigenvalue weighted by Gasteiger charge is -2.35. The quantitative estimate of drug-likeness (QED) is 0.436. The molecule has 0 spiro atoms. The van der Waals surface area contributed by atoms with Crippen LogP contribution in [0.5, 0.6) is 0 Å². The van der Waals surface area contributed by atoms with E-state index in [0.717, 1.165) is 34.7 Å². The molecule has 0 aliphatic carbocycles. The van der Waals surface area contributed by atoms with Crippen LogP contribution in [0.2, 0.25) is 0 Å². The Labute approximate surface area is 185 Å². The first-order valence-electron chi connectivity index (χ1n) is 9.08. The smallest absolute Gasteiger partial charge is 0.221 e. The number of pyridine rings is 1. The van der Waals surface area contributed by atoms with Gasteiger partial charge in [0.2, 0.25) is 5.91 Å². The van der Waals surface area contributed by atoms with E-state index in [-0.39, 0.29) is 24.3 Å². The number of amides is 1. The van der Waals surface area contributed by atoms with Gasteiger partial charge in [0.1, 0.15) is 10.2 Å². The van der Waals surface area contributed by atoms with Crippen molar-refractivity contribution in [1.82, 2.24) is 9.97 Å². The summed E-state index contributed by atoms with van der Waals surface area (Å²) in [5.41, 5.74) is 6.95. The fourth-order valence-corrected chi connectivity index (χ4v) is 3.82. The van der Waals surface area contributed by atoms with Crippen molar-refractivity contribution in [2.75, 3.05) is 24.3 Å². The van der Waals surface area contributed by atoms with Gasteiger partial charge in [-0.3, -0.25) is 4.79 Å². The zero-order valence-electron chi connectivity index (χ0n) is 16.7. The topological polar surface area (TPSA) is 113 Å². The van der Waals surface area contributed by atoms with Crippen molar-refractivity contribution in [2.24, 2.45) is 0 Å². The molecule has 5 N–H and O–H groups in total. The molecule has 164 valence electrons. The number of nitrogens with zero attached hydrogens (tertiary/aromatic N) is 1. The maximum Gasteiger partial charge on any atom is 0.221 e. The molecule has 0 bridgehead atoms. The number of rotatable bonds is 3. The molecule has 2 aromatic heterocycles. The van der Waals surface area contributed by atoms with E-state index in [1.165, 1.54) is 13.0 Å². The average molecular weight is 467 g/mol. The highest BCUT2D eigenvalue weighted by molar-refractivity contribution is 7.71. The molecule has 0 saturated carbocycles. The number of nitrogens with two attached hydrogens (primary N) is 1. The van der Waals surface area contributed by atoms with Crippen LogP contribution in [-0.4, -0.2) is 34.2 Å². The molecule has 1 aliphatic rings. The van der Waals surface area contributed by atoms with Crippen LogP contribution in [0.3, 0.4) is 0 Å². The van der Waals surface area contributed by atoms with Gasteiger partial charge in [-0.25, -0.2) is 13.8 Å². The predicted molar refractivity (Wildman–Crippen MR) is 117 cm³/mol. The van der Waals surface area contributed by atoms with Gasteiger partial charge in [0.15, 0.2) is 16.8 Å². The standard InChI is InChI=1S/C12H10F2N2O2S.C8H10N2OS/c13-7-2-1-6(3-8(7)14)9-10(19-11(15)16-9)12(17)4-18-5-12;1-5-3-7(10-6(2)11)4-9-8(5)12/h1-3,17H,4-5H2,(H2,15,16);3-4H,1-2H3,(H,9,12)(H,10,11). The third-order valence-corrected chi connectivity index (χ3v) is 5.87. The number of carbonyl (C=O) groups is 1. The molecule has 1 saturated heterocycles. The van der Waals surface area contributed by atoms with Crippen LogP contribution in [0, 0.1) is 23.2 Å². The molecule has 0 radical (unpaired) electrons. The van der Waals surface area contributed by atoms with E-state index in [0.29, 0.717) is 20.8 Å². The lowest BCUT2D eigenvalue weighted by Crippen LogP contribution is -2.46. The summed E-state index contributed by atoms with van der Waals surface area (Å²) in [6.45, 7) is 3.65. The molecule has 1 amide bonds. The number of nitrogens with one attached hydrogen (secondary N) is 2. The van der Waals surface area contributed by atoms with Gasteiger partial charge in [-0.2, -0.15) is 0 Å². The molecule has 1 aromatic carbocycles. The molecule has 3 heterocycles. The number of H-pyrrole nitrogens is 1. The Bertz CT molecular complexity index is 1180. The molecule has 7 nitrogen and oxygen atoms in total. The van der Waals surface area contributed by atoms with E-state index >= 15 is 0 Å². The normalized spacial score (nSPS) is 14.2. The highest BCUT2D eigenvalue weighted by atomic mass is 32.1. The van der Waals surface area contributed by atoms with Gasteiger partial charge in [-0.1, -0.05) is 23.6 Å².